The summed E-state index contributed by atoms with van der Waals surface area (Å²) in [6, 6.07) is 9.97. The number of carbonyl (C=O) groups is 1. The molecule has 1 atom stereocenters. The van der Waals surface area contributed by atoms with Gasteiger partial charge in [0.2, 0.25) is 10.0 Å². The van der Waals surface area contributed by atoms with Crippen molar-refractivity contribution in [3.8, 4) is 0 Å². The number of sulfonamides is 1. The summed E-state index contributed by atoms with van der Waals surface area (Å²) < 4.78 is 46.1. The van der Waals surface area contributed by atoms with E-state index in [1.54, 1.807) is 19.1 Å². The van der Waals surface area contributed by atoms with Crippen molar-refractivity contribution in [1.82, 2.24) is 4.72 Å². The van der Waals surface area contributed by atoms with Crippen molar-refractivity contribution < 1.29 is 22.3 Å². The number of nitrogens with one attached hydrogen (secondary N) is 2. The van der Waals surface area contributed by atoms with E-state index in [4.69, 9.17) is 4.74 Å². The average molecular weight is 392 g/mol. The fraction of sp³-hybridized carbons (Fsp3) is 0.316. The number of hydrogen-bond acceptors (Lipinski definition) is 4. The Labute approximate surface area is 157 Å². The summed E-state index contributed by atoms with van der Waals surface area (Å²) in [7, 11) is -3.67. The summed E-state index contributed by atoms with van der Waals surface area (Å²) >= 11 is 0. The van der Waals surface area contributed by atoms with Gasteiger partial charge in [0, 0.05) is 24.4 Å². The number of benzene rings is 2. The highest BCUT2D eigenvalue weighted by Crippen LogP contribution is 2.17. The van der Waals surface area contributed by atoms with Crippen LogP contribution in [0.15, 0.2) is 47.4 Å². The first-order chi connectivity index (χ1) is 12.8. The predicted molar refractivity (Wildman–Crippen MR) is 99.7 cm³/mol. The fourth-order valence-electron chi connectivity index (χ4n) is 2.75. The summed E-state index contributed by atoms with van der Waals surface area (Å²) in [5.41, 5.74) is 1.09. The summed E-state index contributed by atoms with van der Waals surface area (Å²) in [6.45, 7) is 2.51. The van der Waals surface area contributed by atoms with E-state index in [-0.39, 0.29) is 23.1 Å². The zero-order valence-electron chi connectivity index (χ0n) is 14.9. The lowest BCUT2D eigenvalue weighted by molar-refractivity contribution is 0.102. The topological polar surface area (TPSA) is 84.5 Å². The predicted octanol–water partition coefficient (Wildman–Crippen LogP) is 2.84. The van der Waals surface area contributed by atoms with Gasteiger partial charge in [-0.2, -0.15) is 0 Å². The lowest BCUT2D eigenvalue weighted by Crippen LogP contribution is -2.31. The quantitative estimate of drug-likeness (QED) is 0.792. The Hall–Kier alpha value is -2.29. The molecule has 1 aliphatic rings. The van der Waals surface area contributed by atoms with Gasteiger partial charge < -0.3 is 10.1 Å². The van der Waals surface area contributed by atoms with Gasteiger partial charge in [0.25, 0.3) is 5.91 Å². The molecule has 8 heteroatoms. The van der Waals surface area contributed by atoms with E-state index >= 15 is 0 Å². The Balaban J connectivity index is 1.64. The smallest absolute Gasteiger partial charge is 0.255 e. The molecule has 1 fully saturated rings. The Bertz CT molecular complexity index is 923. The minimum absolute atomic E-state index is 0.0680. The highest BCUT2D eigenvalue weighted by molar-refractivity contribution is 7.89. The largest absolute Gasteiger partial charge is 0.377 e. The molecule has 1 heterocycles. The van der Waals surface area contributed by atoms with Crippen molar-refractivity contribution in [2.45, 2.75) is 30.8 Å². The van der Waals surface area contributed by atoms with Gasteiger partial charge >= 0.3 is 0 Å². The Kier molecular flexibility index (Phi) is 5.88. The molecule has 1 saturated heterocycles. The number of hydrogen-bond donors (Lipinski definition) is 2. The molecular weight excluding hydrogens is 371 g/mol. The molecule has 2 aromatic rings. The van der Waals surface area contributed by atoms with Gasteiger partial charge in [-0.3, -0.25) is 4.79 Å². The van der Waals surface area contributed by atoms with Gasteiger partial charge in [-0.15, -0.1) is 0 Å². The van der Waals surface area contributed by atoms with Crippen molar-refractivity contribution in [2.24, 2.45) is 0 Å². The van der Waals surface area contributed by atoms with Crippen LogP contribution in [-0.4, -0.2) is 33.6 Å². The second-order valence-corrected chi connectivity index (χ2v) is 8.20. The first-order valence-corrected chi connectivity index (χ1v) is 10.1. The summed E-state index contributed by atoms with van der Waals surface area (Å²) in [4.78, 5) is 12.3. The van der Waals surface area contributed by atoms with Crippen LogP contribution in [0.1, 0.15) is 28.8 Å². The van der Waals surface area contributed by atoms with Crippen LogP contribution in [0.3, 0.4) is 0 Å². The Morgan fingerprint density at radius 3 is 2.59 bits per heavy atom. The third-order valence-corrected chi connectivity index (χ3v) is 5.82. The van der Waals surface area contributed by atoms with Gasteiger partial charge in [-0.25, -0.2) is 17.5 Å². The number of carbonyl (C=O) groups excluding carboxylic acids is 1. The molecule has 2 aromatic carbocycles. The third-order valence-electron chi connectivity index (χ3n) is 4.38. The molecule has 6 nitrogen and oxygen atoms in total. The van der Waals surface area contributed by atoms with Gasteiger partial charge in [-0.1, -0.05) is 6.07 Å². The van der Waals surface area contributed by atoms with Gasteiger partial charge in [0.1, 0.15) is 5.82 Å². The number of aryl methyl sites for hydroxylation is 1. The summed E-state index contributed by atoms with van der Waals surface area (Å²) in [5.74, 6) is -0.860. The van der Waals surface area contributed by atoms with Crippen LogP contribution >= 0.6 is 0 Å². The van der Waals surface area contributed by atoms with E-state index in [9.17, 15) is 17.6 Å². The van der Waals surface area contributed by atoms with Crippen LogP contribution < -0.4 is 10.0 Å². The Morgan fingerprint density at radius 1 is 1.22 bits per heavy atom. The van der Waals surface area contributed by atoms with Crippen molar-refractivity contribution in [3.63, 3.8) is 0 Å². The molecule has 0 spiro atoms. The van der Waals surface area contributed by atoms with Gasteiger partial charge in [-0.05, 0) is 61.7 Å². The van der Waals surface area contributed by atoms with Crippen molar-refractivity contribution in [3.05, 3.63) is 59.4 Å². The molecule has 2 N–H and O–H groups in total. The van der Waals surface area contributed by atoms with Crippen LogP contribution in [0.25, 0.3) is 0 Å². The minimum Gasteiger partial charge on any atom is -0.377 e. The van der Waals surface area contributed by atoms with E-state index in [0.29, 0.717) is 17.9 Å². The number of ether oxygens (including phenoxy) is 1. The first-order valence-electron chi connectivity index (χ1n) is 8.64. The van der Waals surface area contributed by atoms with E-state index in [1.165, 1.54) is 30.3 Å². The van der Waals surface area contributed by atoms with Crippen molar-refractivity contribution in [1.29, 1.82) is 0 Å². The normalized spacial score (nSPS) is 17.0. The molecule has 144 valence electrons. The monoisotopic (exact) mass is 392 g/mol. The van der Waals surface area contributed by atoms with E-state index in [2.05, 4.69) is 10.0 Å². The third kappa shape index (κ3) is 4.91. The zero-order valence-corrected chi connectivity index (χ0v) is 15.7. The SMILES string of the molecule is Cc1ccc(NC(=O)c2ccc(S(=O)(=O)NC[C@@H]3CCCO3)cc2)cc1F. The maximum Gasteiger partial charge on any atom is 0.255 e. The van der Waals surface area contributed by atoms with Crippen LogP contribution in [0.4, 0.5) is 10.1 Å². The van der Waals surface area contributed by atoms with E-state index in [1.807, 2.05) is 0 Å². The van der Waals surface area contributed by atoms with Crippen LogP contribution in [-0.2, 0) is 14.8 Å². The standard InChI is InChI=1S/C19H21FN2O4S/c1-13-4-7-15(11-18(13)20)22-19(23)14-5-8-17(9-6-14)27(24,25)21-12-16-3-2-10-26-16/h4-9,11,16,21H,2-3,10,12H2,1H3,(H,22,23)/t16-/m0/s1. The lowest BCUT2D eigenvalue weighted by Gasteiger charge is -2.12. The van der Waals surface area contributed by atoms with Crippen LogP contribution in [0.2, 0.25) is 0 Å². The second kappa shape index (κ2) is 8.16. The average Bonchev–Trinajstić information content (AvgIpc) is 3.17. The molecule has 0 unspecified atom stereocenters. The molecule has 1 amide bonds. The molecule has 3 rings (SSSR count). The number of rotatable bonds is 6. The fourth-order valence-corrected chi connectivity index (χ4v) is 3.82. The summed E-state index contributed by atoms with van der Waals surface area (Å²) in [5, 5.41) is 2.59. The first kappa shape index (κ1) is 19.5. The number of anilines is 1. The maximum absolute atomic E-state index is 13.6. The minimum atomic E-state index is -3.67. The van der Waals surface area contributed by atoms with Crippen molar-refractivity contribution >= 4 is 21.6 Å². The lowest BCUT2D eigenvalue weighted by atomic mass is 10.2. The molecule has 0 radical (unpaired) electrons. The number of halogens is 1. The number of amides is 1. The molecular formula is C19H21FN2O4S. The summed E-state index contributed by atoms with van der Waals surface area (Å²) in [6.07, 6.45) is 1.67. The molecule has 1 aliphatic heterocycles. The van der Waals surface area contributed by atoms with Crippen LogP contribution in [0.5, 0.6) is 0 Å². The van der Waals surface area contributed by atoms with Gasteiger partial charge in [0.15, 0.2) is 0 Å². The zero-order chi connectivity index (χ0) is 19.4. The Morgan fingerprint density at radius 2 is 1.96 bits per heavy atom. The maximum atomic E-state index is 13.6. The molecule has 0 aliphatic carbocycles. The van der Waals surface area contributed by atoms with E-state index < -0.39 is 21.7 Å². The molecule has 0 saturated carbocycles. The highest BCUT2D eigenvalue weighted by Gasteiger charge is 2.20. The van der Waals surface area contributed by atoms with Crippen LogP contribution in [0, 0.1) is 12.7 Å². The molecule has 0 bridgehead atoms. The van der Waals surface area contributed by atoms with E-state index in [0.717, 1.165) is 12.8 Å². The molecule has 27 heavy (non-hydrogen) atoms. The highest BCUT2D eigenvalue weighted by atomic mass is 32.2. The van der Waals surface area contributed by atoms with Gasteiger partial charge in [0.05, 0.1) is 11.0 Å². The second-order valence-electron chi connectivity index (χ2n) is 6.43. The van der Waals surface area contributed by atoms with Crippen molar-refractivity contribution in [2.75, 3.05) is 18.5 Å². The molecule has 0 aromatic heterocycles.